The second-order valence-corrected chi connectivity index (χ2v) is 10.4. The Morgan fingerprint density at radius 3 is 2.79 bits per heavy atom. The number of amides is 1. The van der Waals surface area contributed by atoms with Crippen molar-refractivity contribution in [1.29, 1.82) is 0 Å². The number of aromatic nitrogens is 1. The number of benzene rings is 1. The molecule has 4 atom stereocenters. The molecule has 5 rings (SSSR count). The molecule has 4 heterocycles. The Hall–Kier alpha value is -2.64. The van der Waals surface area contributed by atoms with Crippen LogP contribution in [0.2, 0.25) is 5.02 Å². The van der Waals surface area contributed by atoms with Crippen LogP contribution in [0.15, 0.2) is 41.5 Å². The highest BCUT2D eigenvalue weighted by atomic mass is 35.5. The van der Waals surface area contributed by atoms with E-state index in [4.69, 9.17) is 27.1 Å². The van der Waals surface area contributed by atoms with E-state index in [1.165, 1.54) is 0 Å². The van der Waals surface area contributed by atoms with Gasteiger partial charge in [-0.1, -0.05) is 23.7 Å². The number of fused-ring (bicyclic) bond motifs is 2. The number of guanidine groups is 1. The van der Waals surface area contributed by atoms with Crippen LogP contribution in [-0.4, -0.2) is 39.5 Å². The molecule has 3 aliphatic heterocycles. The number of rotatable bonds is 4. The molecule has 2 bridgehead atoms. The Balaban J connectivity index is 1.43. The van der Waals surface area contributed by atoms with Crippen LogP contribution in [0, 0.1) is 6.92 Å². The van der Waals surface area contributed by atoms with Crippen molar-refractivity contribution >= 4 is 34.8 Å². The second-order valence-electron chi connectivity index (χ2n) is 9.99. The van der Waals surface area contributed by atoms with Crippen molar-refractivity contribution in [2.75, 3.05) is 5.32 Å². The van der Waals surface area contributed by atoms with Gasteiger partial charge in [0.2, 0.25) is 5.91 Å². The normalized spacial score (nSPS) is 31.5. The van der Waals surface area contributed by atoms with E-state index in [9.17, 15) is 4.79 Å². The molecule has 1 aromatic carbocycles. The lowest BCUT2D eigenvalue weighted by Crippen LogP contribution is -2.57. The molecule has 2 aromatic rings. The highest BCUT2D eigenvalue weighted by Gasteiger charge is 2.49. The first kappa shape index (κ1) is 22.2. The Kier molecular flexibility index (Phi) is 5.37. The van der Waals surface area contributed by atoms with Gasteiger partial charge < -0.3 is 15.8 Å². The van der Waals surface area contributed by atoms with Crippen molar-refractivity contribution in [1.82, 2.24) is 9.88 Å². The molecule has 8 heteroatoms. The number of aliphatic imine (C=N–C) groups is 1. The van der Waals surface area contributed by atoms with Crippen molar-refractivity contribution in [3.05, 3.63) is 52.8 Å². The van der Waals surface area contributed by atoms with Crippen LogP contribution >= 0.6 is 11.6 Å². The number of nitrogens with zero attached hydrogens (tertiary/aromatic N) is 3. The van der Waals surface area contributed by atoms with E-state index in [2.05, 4.69) is 17.2 Å². The number of pyridine rings is 1. The first-order valence-electron chi connectivity index (χ1n) is 11.5. The van der Waals surface area contributed by atoms with Crippen LogP contribution in [0.3, 0.4) is 0 Å². The minimum Gasteiger partial charge on any atom is -0.372 e. The molecule has 1 aromatic heterocycles. The fourth-order valence-corrected chi connectivity index (χ4v) is 5.90. The summed E-state index contributed by atoms with van der Waals surface area (Å²) in [7, 11) is 0. The number of aryl methyl sites for hydroxylation is 1. The molecule has 1 amide bonds. The van der Waals surface area contributed by atoms with Crippen LogP contribution in [0.25, 0.3) is 0 Å². The van der Waals surface area contributed by atoms with Gasteiger partial charge in [0.05, 0.1) is 46.3 Å². The zero-order chi connectivity index (χ0) is 23.4. The highest BCUT2D eigenvalue weighted by Crippen LogP contribution is 2.45. The van der Waals surface area contributed by atoms with Gasteiger partial charge in [-0.2, -0.15) is 0 Å². The van der Waals surface area contributed by atoms with Gasteiger partial charge in [-0.3, -0.25) is 14.7 Å². The summed E-state index contributed by atoms with van der Waals surface area (Å²) in [5.41, 5.74) is 8.70. The van der Waals surface area contributed by atoms with Crippen molar-refractivity contribution in [3.63, 3.8) is 0 Å². The van der Waals surface area contributed by atoms with Gasteiger partial charge >= 0.3 is 0 Å². The number of anilines is 2. The highest BCUT2D eigenvalue weighted by molar-refractivity contribution is 6.34. The molecule has 3 aliphatic rings. The van der Waals surface area contributed by atoms with E-state index in [-0.39, 0.29) is 36.0 Å². The molecule has 2 fully saturated rings. The van der Waals surface area contributed by atoms with Crippen LogP contribution in [-0.2, 0) is 15.1 Å². The average Bonchev–Trinajstić information content (AvgIpc) is 3.02. The molecule has 0 radical (unpaired) electrons. The minimum atomic E-state index is -0.841. The fourth-order valence-electron chi connectivity index (χ4n) is 5.53. The summed E-state index contributed by atoms with van der Waals surface area (Å²) in [6.07, 6.45) is 5.82. The minimum absolute atomic E-state index is 0.0166. The van der Waals surface area contributed by atoms with Gasteiger partial charge in [-0.15, -0.1) is 0 Å². The van der Waals surface area contributed by atoms with E-state index in [0.717, 1.165) is 48.3 Å². The topological polar surface area (TPSA) is 92.8 Å². The summed E-state index contributed by atoms with van der Waals surface area (Å²) in [5, 5.41) is 3.84. The molecule has 174 valence electrons. The van der Waals surface area contributed by atoms with Crippen molar-refractivity contribution < 1.29 is 9.53 Å². The van der Waals surface area contributed by atoms with E-state index >= 15 is 0 Å². The zero-order valence-corrected chi connectivity index (χ0v) is 20.0. The van der Waals surface area contributed by atoms with E-state index < -0.39 is 5.54 Å². The summed E-state index contributed by atoms with van der Waals surface area (Å²) >= 11 is 6.82. The SMILES string of the molecule is Cc1ccc(Nc2cccc([C@]3(C)CC(=O)N([C@@H]4C[C@H]5CC[C@@](C)(C4)O5)C(N)=N3)c2Cl)cn1. The third-order valence-corrected chi connectivity index (χ3v) is 7.56. The molecular weight excluding hydrogens is 438 g/mol. The zero-order valence-electron chi connectivity index (χ0n) is 19.3. The largest absolute Gasteiger partial charge is 0.372 e. The first-order chi connectivity index (χ1) is 15.7. The van der Waals surface area contributed by atoms with Gasteiger partial charge in [0, 0.05) is 17.3 Å². The lowest BCUT2D eigenvalue weighted by molar-refractivity contribution is -0.137. The summed E-state index contributed by atoms with van der Waals surface area (Å²) in [5.74, 6) is 0.248. The number of nitrogens with two attached hydrogens (primary N) is 1. The molecule has 0 unspecified atom stereocenters. The number of hydrogen-bond donors (Lipinski definition) is 2. The smallest absolute Gasteiger partial charge is 0.232 e. The quantitative estimate of drug-likeness (QED) is 0.682. The molecule has 0 saturated carbocycles. The molecule has 7 nitrogen and oxygen atoms in total. The predicted molar refractivity (Wildman–Crippen MR) is 130 cm³/mol. The average molecular weight is 468 g/mol. The number of hydrogen-bond acceptors (Lipinski definition) is 6. The van der Waals surface area contributed by atoms with Crippen LogP contribution < -0.4 is 11.1 Å². The number of carbonyl (C=O) groups is 1. The summed E-state index contributed by atoms with van der Waals surface area (Å²) in [6.45, 7) is 5.99. The third kappa shape index (κ3) is 4.08. The Morgan fingerprint density at radius 1 is 1.27 bits per heavy atom. The van der Waals surface area contributed by atoms with Gasteiger partial charge in [0.15, 0.2) is 5.96 Å². The first-order valence-corrected chi connectivity index (χ1v) is 11.9. The van der Waals surface area contributed by atoms with Gasteiger partial charge in [0.1, 0.15) is 0 Å². The van der Waals surface area contributed by atoms with Gasteiger partial charge in [-0.25, -0.2) is 4.99 Å². The number of carbonyl (C=O) groups excluding carboxylic acids is 1. The second kappa shape index (κ2) is 7.99. The van der Waals surface area contributed by atoms with Crippen molar-refractivity contribution in [3.8, 4) is 0 Å². The number of ether oxygens (including phenoxy) is 1. The number of nitrogens with one attached hydrogen (secondary N) is 1. The van der Waals surface area contributed by atoms with Crippen LogP contribution in [0.1, 0.15) is 57.2 Å². The van der Waals surface area contributed by atoms with Crippen LogP contribution in [0.5, 0.6) is 0 Å². The van der Waals surface area contributed by atoms with Crippen molar-refractivity contribution in [2.24, 2.45) is 10.7 Å². The van der Waals surface area contributed by atoms with E-state index in [0.29, 0.717) is 5.02 Å². The summed E-state index contributed by atoms with van der Waals surface area (Å²) in [4.78, 5) is 24.3. The number of halogens is 1. The molecule has 33 heavy (non-hydrogen) atoms. The van der Waals surface area contributed by atoms with E-state index in [1.54, 1.807) is 11.1 Å². The summed E-state index contributed by atoms with van der Waals surface area (Å²) in [6, 6.07) is 9.63. The van der Waals surface area contributed by atoms with Gasteiger partial charge in [0.25, 0.3) is 0 Å². The molecule has 0 aliphatic carbocycles. The van der Waals surface area contributed by atoms with Crippen molar-refractivity contribution in [2.45, 2.75) is 76.2 Å². The van der Waals surface area contributed by atoms with Gasteiger partial charge in [-0.05, 0) is 64.7 Å². The Labute approximate surface area is 199 Å². The molecular formula is C25H30ClN5O2. The third-order valence-electron chi connectivity index (χ3n) is 7.16. The Morgan fingerprint density at radius 2 is 2.09 bits per heavy atom. The standard InChI is InChI=1S/C25H30ClN5O2/c1-15-7-8-16(14-28-15)29-20-6-4-5-19(22(20)26)25(3)13-21(32)31(23(27)30-25)17-11-18-9-10-24(2,12-17)33-18/h4-8,14,17-18,29H,9-13H2,1-3H3,(H2,27,30)/t17-,18-,24+,25+/m1/s1. The maximum absolute atomic E-state index is 13.4. The summed E-state index contributed by atoms with van der Waals surface area (Å²) < 4.78 is 6.12. The maximum Gasteiger partial charge on any atom is 0.232 e. The molecule has 3 N–H and O–H groups in total. The predicted octanol–water partition coefficient (Wildman–Crippen LogP) is 4.65. The van der Waals surface area contributed by atoms with E-state index in [1.807, 2.05) is 44.2 Å². The van der Waals surface area contributed by atoms with Crippen LogP contribution in [0.4, 0.5) is 11.4 Å². The maximum atomic E-state index is 13.4. The molecule has 2 saturated heterocycles. The Bertz CT molecular complexity index is 1120. The lowest BCUT2D eigenvalue weighted by Gasteiger charge is -2.44. The molecule has 0 spiro atoms. The monoisotopic (exact) mass is 467 g/mol. The lowest BCUT2D eigenvalue weighted by atomic mass is 9.85. The fraction of sp³-hybridized carbons (Fsp3) is 0.480.